The van der Waals surface area contributed by atoms with Gasteiger partial charge in [-0.2, -0.15) is 0 Å². The van der Waals surface area contributed by atoms with E-state index in [0.29, 0.717) is 6.54 Å². The highest BCUT2D eigenvalue weighted by Crippen LogP contribution is 2.29. The van der Waals surface area contributed by atoms with E-state index in [4.69, 9.17) is 0 Å². The van der Waals surface area contributed by atoms with Crippen LogP contribution in [0.2, 0.25) is 0 Å². The lowest BCUT2D eigenvalue weighted by Crippen LogP contribution is -2.30. The fraction of sp³-hybridized carbons (Fsp3) is 0.231. The second kappa shape index (κ2) is 8.95. The predicted octanol–water partition coefficient (Wildman–Crippen LogP) is 4.83. The molecule has 4 heteroatoms. The molecule has 3 aromatic carbocycles. The first kappa shape index (κ1) is 19.9. The van der Waals surface area contributed by atoms with Gasteiger partial charge in [-0.15, -0.1) is 0 Å². The Labute approximate surface area is 177 Å². The Hall–Kier alpha value is -3.40. The predicted molar refractivity (Wildman–Crippen MR) is 119 cm³/mol. The van der Waals surface area contributed by atoms with Gasteiger partial charge in [0.25, 0.3) is 0 Å². The molecule has 1 heterocycles. The summed E-state index contributed by atoms with van der Waals surface area (Å²) in [6.07, 6.45) is 1.00. The second-order valence-electron chi connectivity index (χ2n) is 7.84. The van der Waals surface area contributed by atoms with Gasteiger partial charge in [-0.25, -0.2) is 0 Å². The Bertz CT molecular complexity index is 1020. The van der Waals surface area contributed by atoms with Gasteiger partial charge in [-0.1, -0.05) is 78.9 Å². The maximum atomic E-state index is 13.0. The molecule has 2 atom stereocenters. The van der Waals surface area contributed by atoms with Gasteiger partial charge in [0, 0.05) is 18.7 Å². The summed E-state index contributed by atoms with van der Waals surface area (Å²) in [5.41, 5.74) is 4.16. The van der Waals surface area contributed by atoms with E-state index in [0.717, 1.165) is 23.2 Å². The molecular formula is C26H26N2O2. The van der Waals surface area contributed by atoms with Crippen molar-refractivity contribution in [3.63, 3.8) is 0 Å². The van der Waals surface area contributed by atoms with Crippen LogP contribution in [0.15, 0.2) is 84.9 Å². The summed E-state index contributed by atoms with van der Waals surface area (Å²) in [5, 5.41) is 3.07. The topological polar surface area (TPSA) is 49.4 Å². The Kier molecular flexibility index (Phi) is 5.94. The molecule has 0 saturated carbocycles. The zero-order chi connectivity index (χ0) is 20.9. The summed E-state index contributed by atoms with van der Waals surface area (Å²) >= 11 is 0. The van der Waals surface area contributed by atoms with Gasteiger partial charge in [-0.3, -0.25) is 9.59 Å². The van der Waals surface area contributed by atoms with Crippen molar-refractivity contribution in [2.24, 2.45) is 5.92 Å². The maximum Gasteiger partial charge on any atom is 0.229 e. The zero-order valence-electron chi connectivity index (χ0n) is 17.1. The molecule has 3 aromatic rings. The molecule has 30 heavy (non-hydrogen) atoms. The van der Waals surface area contributed by atoms with Crippen LogP contribution < -0.4 is 5.32 Å². The SMILES string of the molecule is CC(c1ccccc1)N1CC(C(=O)Nc2ccccc2Cc2ccccc2)CC1=O. The number of nitrogens with zero attached hydrogens (tertiary/aromatic N) is 1. The molecule has 0 bridgehead atoms. The van der Waals surface area contributed by atoms with Crippen molar-refractivity contribution in [2.45, 2.75) is 25.8 Å². The molecule has 2 amide bonds. The van der Waals surface area contributed by atoms with Crippen LogP contribution in [0.5, 0.6) is 0 Å². The average molecular weight is 399 g/mol. The molecule has 1 aliphatic heterocycles. The number of para-hydroxylation sites is 1. The molecule has 1 saturated heterocycles. The number of likely N-dealkylation sites (tertiary alicyclic amines) is 1. The fourth-order valence-corrected chi connectivity index (χ4v) is 4.04. The van der Waals surface area contributed by atoms with E-state index < -0.39 is 0 Å². The summed E-state index contributed by atoms with van der Waals surface area (Å²) in [6.45, 7) is 2.46. The zero-order valence-corrected chi connectivity index (χ0v) is 17.1. The molecule has 1 fully saturated rings. The van der Waals surface area contributed by atoms with Crippen molar-refractivity contribution in [1.82, 2.24) is 4.90 Å². The maximum absolute atomic E-state index is 13.0. The van der Waals surface area contributed by atoms with Crippen LogP contribution in [0.25, 0.3) is 0 Å². The van der Waals surface area contributed by atoms with E-state index in [2.05, 4.69) is 17.4 Å². The third-order valence-corrected chi connectivity index (χ3v) is 5.79. The van der Waals surface area contributed by atoms with Crippen LogP contribution in [0.3, 0.4) is 0 Å². The molecule has 0 spiro atoms. The van der Waals surface area contributed by atoms with E-state index in [1.54, 1.807) is 0 Å². The summed E-state index contributed by atoms with van der Waals surface area (Å²) in [4.78, 5) is 27.4. The first-order valence-corrected chi connectivity index (χ1v) is 10.4. The minimum absolute atomic E-state index is 0.0315. The normalized spacial score (nSPS) is 17.0. The molecule has 4 nitrogen and oxygen atoms in total. The summed E-state index contributed by atoms with van der Waals surface area (Å²) in [5.74, 6) is -0.399. The van der Waals surface area contributed by atoms with Crippen molar-refractivity contribution >= 4 is 17.5 Å². The van der Waals surface area contributed by atoms with Crippen molar-refractivity contribution < 1.29 is 9.59 Å². The third kappa shape index (κ3) is 4.43. The average Bonchev–Trinajstić information content (AvgIpc) is 3.18. The van der Waals surface area contributed by atoms with Gasteiger partial charge in [0.1, 0.15) is 0 Å². The standard InChI is InChI=1S/C26H26N2O2/c1-19(21-12-6-3-7-13-21)28-18-23(17-25(28)29)26(30)27-24-15-9-8-14-22(24)16-20-10-4-2-5-11-20/h2-15,19,23H,16-18H2,1H3,(H,27,30). The van der Waals surface area contributed by atoms with Crippen LogP contribution in [0.1, 0.15) is 36.1 Å². The van der Waals surface area contributed by atoms with Gasteiger partial charge in [-0.05, 0) is 36.1 Å². The monoisotopic (exact) mass is 398 g/mol. The number of benzene rings is 3. The molecule has 0 aliphatic carbocycles. The molecule has 0 aromatic heterocycles. The molecular weight excluding hydrogens is 372 g/mol. The Morgan fingerprint density at radius 2 is 1.60 bits per heavy atom. The van der Waals surface area contributed by atoms with Crippen LogP contribution in [0.4, 0.5) is 5.69 Å². The number of nitrogens with one attached hydrogen (secondary N) is 1. The van der Waals surface area contributed by atoms with Crippen molar-refractivity contribution in [1.29, 1.82) is 0 Å². The number of amides is 2. The van der Waals surface area contributed by atoms with E-state index in [1.165, 1.54) is 5.56 Å². The summed E-state index contributed by atoms with van der Waals surface area (Å²) in [7, 11) is 0. The van der Waals surface area contributed by atoms with Gasteiger partial charge in [0.15, 0.2) is 0 Å². The number of hydrogen-bond acceptors (Lipinski definition) is 2. The highest BCUT2D eigenvalue weighted by molar-refractivity contribution is 5.97. The summed E-state index contributed by atoms with van der Waals surface area (Å²) in [6, 6.07) is 28.0. The van der Waals surface area contributed by atoms with Gasteiger partial charge >= 0.3 is 0 Å². The number of anilines is 1. The van der Waals surface area contributed by atoms with E-state index in [9.17, 15) is 9.59 Å². The summed E-state index contributed by atoms with van der Waals surface area (Å²) < 4.78 is 0. The van der Waals surface area contributed by atoms with Gasteiger partial charge in [0.05, 0.1) is 12.0 Å². The highest BCUT2D eigenvalue weighted by atomic mass is 16.2. The lowest BCUT2D eigenvalue weighted by Gasteiger charge is -2.25. The molecule has 152 valence electrons. The van der Waals surface area contributed by atoms with Crippen LogP contribution in [-0.2, 0) is 16.0 Å². The molecule has 1 N–H and O–H groups in total. The first-order valence-electron chi connectivity index (χ1n) is 10.4. The lowest BCUT2D eigenvalue weighted by molar-refractivity contribution is -0.129. The molecule has 0 radical (unpaired) electrons. The molecule has 2 unspecified atom stereocenters. The highest BCUT2D eigenvalue weighted by Gasteiger charge is 2.37. The Balaban J connectivity index is 1.44. The number of rotatable bonds is 6. The van der Waals surface area contributed by atoms with E-state index in [-0.39, 0.29) is 30.2 Å². The smallest absolute Gasteiger partial charge is 0.229 e. The Morgan fingerprint density at radius 1 is 0.967 bits per heavy atom. The quantitative estimate of drug-likeness (QED) is 0.647. The number of carbonyl (C=O) groups excluding carboxylic acids is 2. The molecule has 1 aliphatic rings. The van der Waals surface area contributed by atoms with Crippen molar-refractivity contribution in [3.05, 3.63) is 102 Å². The van der Waals surface area contributed by atoms with Crippen molar-refractivity contribution in [3.8, 4) is 0 Å². The van der Waals surface area contributed by atoms with Crippen LogP contribution in [-0.4, -0.2) is 23.3 Å². The number of carbonyl (C=O) groups is 2. The van der Waals surface area contributed by atoms with Crippen LogP contribution >= 0.6 is 0 Å². The van der Waals surface area contributed by atoms with Crippen molar-refractivity contribution in [2.75, 3.05) is 11.9 Å². The third-order valence-electron chi connectivity index (χ3n) is 5.79. The fourth-order valence-electron chi connectivity index (χ4n) is 4.04. The lowest BCUT2D eigenvalue weighted by atomic mass is 10.0. The Morgan fingerprint density at radius 3 is 2.33 bits per heavy atom. The first-order chi connectivity index (χ1) is 14.6. The number of hydrogen-bond donors (Lipinski definition) is 1. The van der Waals surface area contributed by atoms with Gasteiger partial charge in [0.2, 0.25) is 11.8 Å². The molecule has 4 rings (SSSR count). The van der Waals surface area contributed by atoms with Crippen LogP contribution in [0, 0.1) is 5.92 Å². The minimum Gasteiger partial charge on any atom is -0.335 e. The minimum atomic E-state index is -0.339. The van der Waals surface area contributed by atoms with Gasteiger partial charge < -0.3 is 10.2 Å². The van der Waals surface area contributed by atoms with E-state index >= 15 is 0 Å². The largest absolute Gasteiger partial charge is 0.335 e. The second-order valence-corrected chi connectivity index (χ2v) is 7.84. The van der Waals surface area contributed by atoms with E-state index in [1.807, 2.05) is 84.6 Å².